The van der Waals surface area contributed by atoms with Crippen LogP contribution in [0.15, 0.2) is 28.7 Å². The third-order valence-corrected chi connectivity index (χ3v) is 6.83. The molecule has 1 amide bonds. The van der Waals surface area contributed by atoms with Crippen molar-refractivity contribution in [3.05, 3.63) is 56.0 Å². The number of thiophene rings is 1. The van der Waals surface area contributed by atoms with Crippen molar-refractivity contribution in [1.82, 2.24) is 9.88 Å². The highest BCUT2D eigenvalue weighted by Gasteiger charge is 2.23. The monoisotopic (exact) mass is 462 g/mol. The number of hydrogen-bond donors (Lipinski definition) is 0. The summed E-state index contributed by atoms with van der Waals surface area (Å²) in [6.07, 6.45) is 0. The summed E-state index contributed by atoms with van der Waals surface area (Å²) in [7, 11) is 3.46. The number of carbonyl (C=O) groups excluding carboxylic acids is 1. The van der Waals surface area contributed by atoms with Gasteiger partial charge in [0.05, 0.1) is 11.6 Å². The van der Waals surface area contributed by atoms with Gasteiger partial charge in [0, 0.05) is 24.7 Å². The summed E-state index contributed by atoms with van der Waals surface area (Å²) in [4.78, 5) is 21.0. The molecule has 0 aliphatic carbocycles. The first-order valence-electron chi connectivity index (χ1n) is 9.27. The van der Waals surface area contributed by atoms with Crippen molar-refractivity contribution in [2.45, 2.75) is 41.2 Å². The molecular formula is C22H27BrN2O2S. The maximum Gasteiger partial charge on any atom is 0.265 e. The first kappa shape index (κ1) is 22.4. The van der Waals surface area contributed by atoms with Gasteiger partial charge in [-0.2, -0.15) is 0 Å². The van der Waals surface area contributed by atoms with E-state index in [1.54, 1.807) is 12.0 Å². The number of benzene rings is 1. The molecule has 0 aliphatic heterocycles. The fourth-order valence-corrected chi connectivity index (χ4v) is 5.08. The number of fused-ring (bicyclic) bond motifs is 1. The second-order valence-corrected chi connectivity index (χ2v) is 8.17. The Morgan fingerprint density at radius 1 is 1.14 bits per heavy atom. The lowest BCUT2D eigenvalue weighted by molar-refractivity contribution is 0.0789. The van der Waals surface area contributed by atoms with E-state index in [-0.39, 0.29) is 5.91 Å². The fourth-order valence-electron chi connectivity index (χ4n) is 2.89. The number of nitrogens with zero attached hydrogens (tertiary/aromatic N) is 2. The van der Waals surface area contributed by atoms with Gasteiger partial charge in [-0.25, -0.2) is 4.98 Å². The number of hydrogen-bond acceptors (Lipinski definition) is 4. The van der Waals surface area contributed by atoms with Crippen molar-refractivity contribution < 1.29 is 9.53 Å². The van der Waals surface area contributed by atoms with Gasteiger partial charge in [-0.05, 0) is 65.5 Å². The minimum atomic E-state index is -0.00889. The van der Waals surface area contributed by atoms with Crippen molar-refractivity contribution in [3.8, 4) is 5.75 Å². The molecule has 0 radical (unpaired) electrons. The van der Waals surface area contributed by atoms with Crippen LogP contribution in [0.1, 0.15) is 45.9 Å². The molecule has 6 heteroatoms. The summed E-state index contributed by atoms with van der Waals surface area (Å²) in [5, 5.41) is 1.04. The van der Waals surface area contributed by atoms with Crippen LogP contribution >= 0.6 is 27.3 Å². The van der Waals surface area contributed by atoms with Crippen molar-refractivity contribution in [3.63, 3.8) is 0 Å². The zero-order valence-corrected chi connectivity index (χ0v) is 19.9. The number of rotatable bonds is 4. The molecule has 0 aliphatic rings. The normalized spacial score (nSPS) is 10.4. The molecular weight excluding hydrogens is 436 g/mol. The molecule has 4 nitrogen and oxygen atoms in total. The summed E-state index contributed by atoms with van der Waals surface area (Å²) in [6.45, 7) is 10.7. The molecule has 150 valence electrons. The van der Waals surface area contributed by atoms with Crippen molar-refractivity contribution in [1.29, 1.82) is 0 Å². The Morgan fingerprint density at radius 3 is 2.32 bits per heavy atom. The molecule has 1 aromatic carbocycles. The van der Waals surface area contributed by atoms with Crippen molar-refractivity contribution >= 4 is 43.4 Å². The molecule has 2 aromatic heterocycles. The molecule has 28 heavy (non-hydrogen) atoms. The van der Waals surface area contributed by atoms with Gasteiger partial charge in [0.2, 0.25) is 0 Å². The lowest BCUT2D eigenvalue weighted by Crippen LogP contribution is -2.25. The van der Waals surface area contributed by atoms with Gasteiger partial charge in [0.1, 0.15) is 15.5 Å². The average Bonchev–Trinajstić information content (AvgIpc) is 3.03. The van der Waals surface area contributed by atoms with E-state index in [0.29, 0.717) is 11.4 Å². The van der Waals surface area contributed by atoms with E-state index in [0.717, 1.165) is 31.7 Å². The van der Waals surface area contributed by atoms with E-state index < -0.39 is 0 Å². The Morgan fingerprint density at radius 2 is 1.75 bits per heavy atom. The van der Waals surface area contributed by atoms with Gasteiger partial charge in [0.15, 0.2) is 0 Å². The summed E-state index contributed by atoms with van der Waals surface area (Å²) < 4.78 is 6.02. The zero-order valence-electron chi connectivity index (χ0n) is 17.5. The van der Waals surface area contributed by atoms with Crippen LogP contribution in [0.25, 0.3) is 10.2 Å². The Bertz CT molecular complexity index is 981. The van der Waals surface area contributed by atoms with E-state index in [9.17, 15) is 4.79 Å². The number of methoxy groups -OCH3 is 1. The maximum atomic E-state index is 13.0. The molecule has 3 rings (SSSR count). The summed E-state index contributed by atoms with van der Waals surface area (Å²) >= 11 is 5.09. The van der Waals surface area contributed by atoms with Gasteiger partial charge in [0.25, 0.3) is 5.91 Å². The Balaban J connectivity index is 0.00000136. The summed E-state index contributed by atoms with van der Waals surface area (Å²) in [6, 6.07) is 7.76. The van der Waals surface area contributed by atoms with Crippen molar-refractivity contribution in [2.75, 3.05) is 14.2 Å². The van der Waals surface area contributed by atoms with Gasteiger partial charge in [-0.3, -0.25) is 4.79 Å². The molecule has 0 N–H and O–H groups in total. The molecule has 0 unspecified atom stereocenters. The minimum Gasteiger partial charge on any atom is -0.497 e. The molecule has 0 spiro atoms. The first-order chi connectivity index (χ1) is 13.3. The Hall–Kier alpha value is -1.92. The number of aromatic nitrogens is 1. The van der Waals surface area contributed by atoms with Gasteiger partial charge >= 0.3 is 0 Å². The van der Waals surface area contributed by atoms with E-state index in [4.69, 9.17) is 4.74 Å². The van der Waals surface area contributed by atoms with E-state index >= 15 is 0 Å². The smallest absolute Gasteiger partial charge is 0.265 e. The van der Waals surface area contributed by atoms with Crippen LogP contribution in [0.4, 0.5) is 0 Å². The lowest BCUT2D eigenvalue weighted by atomic mass is 10.1. The summed E-state index contributed by atoms with van der Waals surface area (Å²) in [5.41, 5.74) is 4.41. The topological polar surface area (TPSA) is 42.4 Å². The number of carbonyl (C=O) groups is 1. The lowest BCUT2D eigenvalue weighted by Gasteiger charge is -2.17. The Labute approximate surface area is 179 Å². The van der Waals surface area contributed by atoms with E-state index in [2.05, 4.69) is 34.8 Å². The minimum absolute atomic E-state index is 0.00889. The van der Waals surface area contributed by atoms with Crippen LogP contribution < -0.4 is 4.74 Å². The second kappa shape index (κ2) is 9.52. The molecule has 0 atom stereocenters. The molecule has 0 fully saturated rings. The van der Waals surface area contributed by atoms with Crippen LogP contribution in [0.5, 0.6) is 5.75 Å². The van der Waals surface area contributed by atoms with Gasteiger partial charge in [-0.1, -0.05) is 26.0 Å². The van der Waals surface area contributed by atoms with E-state index in [1.807, 2.05) is 52.1 Å². The fraction of sp³-hybridized carbons (Fsp3) is 0.364. The highest BCUT2D eigenvalue weighted by Crippen LogP contribution is 2.38. The van der Waals surface area contributed by atoms with Gasteiger partial charge < -0.3 is 9.64 Å². The largest absolute Gasteiger partial charge is 0.497 e. The highest BCUT2D eigenvalue weighted by molar-refractivity contribution is 9.10. The predicted molar refractivity (Wildman–Crippen MR) is 122 cm³/mol. The number of pyridine rings is 1. The maximum absolute atomic E-state index is 13.0. The number of ether oxygens (including phenoxy) is 1. The standard InChI is InChI=1S/C20H21BrN2O2S.C2H6/c1-11-12(2)16-17(21)18(26-19(16)22-13(11)3)20(24)23(4)10-14-6-8-15(25-5)9-7-14;1-2/h6-9H,10H2,1-5H3;1-2H3. The molecule has 0 saturated heterocycles. The molecule has 2 heterocycles. The SMILES string of the molecule is CC.COc1ccc(CN(C)C(=O)c2sc3nc(C)c(C)c(C)c3c2Br)cc1. The average molecular weight is 463 g/mol. The molecule has 0 bridgehead atoms. The second-order valence-electron chi connectivity index (χ2n) is 6.38. The predicted octanol–water partition coefficient (Wildman–Crippen LogP) is 6.29. The first-order valence-corrected chi connectivity index (χ1v) is 10.9. The third kappa shape index (κ3) is 4.39. The van der Waals surface area contributed by atoms with Crippen LogP contribution in [0.2, 0.25) is 0 Å². The van der Waals surface area contributed by atoms with Crippen molar-refractivity contribution in [2.24, 2.45) is 0 Å². The number of halogens is 1. The molecule has 0 saturated carbocycles. The van der Waals surface area contributed by atoms with E-state index in [1.165, 1.54) is 22.5 Å². The van der Waals surface area contributed by atoms with Crippen LogP contribution in [0, 0.1) is 20.8 Å². The highest BCUT2D eigenvalue weighted by atomic mass is 79.9. The van der Waals surface area contributed by atoms with Crippen LogP contribution in [-0.2, 0) is 6.54 Å². The van der Waals surface area contributed by atoms with Crippen LogP contribution in [-0.4, -0.2) is 29.9 Å². The number of aryl methyl sites for hydroxylation is 2. The Kier molecular flexibility index (Phi) is 7.61. The third-order valence-electron chi connectivity index (χ3n) is 4.70. The summed E-state index contributed by atoms with van der Waals surface area (Å²) in [5.74, 6) is 0.799. The zero-order chi connectivity index (χ0) is 21.0. The van der Waals surface area contributed by atoms with Gasteiger partial charge in [-0.15, -0.1) is 11.3 Å². The molecule has 3 aromatic rings. The quantitative estimate of drug-likeness (QED) is 0.457. The number of amides is 1. The van der Waals surface area contributed by atoms with Crippen LogP contribution in [0.3, 0.4) is 0 Å².